The first-order chi connectivity index (χ1) is 5.68. The summed E-state index contributed by atoms with van der Waals surface area (Å²) in [6.45, 7) is 0. The van der Waals surface area contributed by atoms with Gasteiger partial charge in [-0.2, -0.15) is 0 Å². The predicted molar refractivity (Wildman–Crippen MR) is 50.1 cm³/mol. The van der Waals surface area contributed by atoms with Gasteiger partial charge < -0.3 is 5.32 Å². The molecular formula is C7H4ClFN2S. The molecule has 2 rings (SSSR count). The summed E-state index contributed by atoms with van der Waals surface area (Å²) in [5, 5.41) is 3.17. The molecule has 2 nitrogen and oxygen atoms in total. The third kappa shape index (κ3) is 1.07. The van der Waals surface area contributed by atoms with Gasteiger partial charge in [-0.3, -0.25) is 0 Å². The molecule has 1 unspecified atom stereocenters. The number of allylic oxidation sites excluding steroid dienone is 3. The smallest absolute Gasteiger partial charge is 0.197 e. The van der Waals surface area contributed by atoms with Gasteiger partial charge in [-0.25, -0.2) is 9.38 Å². The normalized spacial score (nSPS) is 27.0. The van der Waals surface area contributed by atoms with Crippen molar-refractivity contribution in [3.05, 3.63) is 22.9 Å². The van der Waals surface area contributed by atoms with Gasteiger partial charge in [0.2, 0.25) is 0 Å². The van der Waals surface area contributed by atoms with Gasteiger partial charge in [-0.15, -0.1) is 0 Å². The molecule has 0 radical (unpaired) electrons. The van der Waals surface area contributed by atoms with Crippen LogP contribution in [-0.4, -0.2) is 17.0 Å². The first-order valence-corrected chi connectivity index (χ1v) is 4.09. The summed E-state index contributed by atoms with van der Waals surface area (Å²) in [5.74, 6) is 0. The van der Waals surface area contributed by atoms with Gasteiger partial charge in [0.05, 0.1) is 16.4 Å². The van der Waals surface area contributed by atoms with Crippen LogP contribution in [0.2, 0.25) is 0 Å². The molecule has 0 saturated heterocycles. The van der Waals surface area contributed by atoms with Gasteiger partial charge in [0, 0.05) is 0 Å². The van der Waals surface area contributed by atoms with Crippen LogP contribution in [0.3, 0.4) is 0 Å². The summed E-state index contributed by atoms with van der Waals surface area (Å²) in [4.78, 5) is 3.94. The summed E-state index contributed by atoms with van der Waals surface area (Å²) in [7, 11) is 0. The highest BCUT2D eigenvalue weighted by atomic mass is 35.5. The summed E-state index contributed by atoms with van der Waals surface area (Å²) >= 11 is 10.5. The maximum Gasteiger partial charge on any atom is 0.197 e. The van der Waals surface area contributed by atoms with E-state index < -0.39 is 6.17 Å². The minimum atomic E-state index is -1.24. The second kappa shape index (κ2) is 2.64. The van der Waals surface area contributed by atoms with Crippen molar-refractivity contribution in [1.82, 2.24) is 5.32 Å². The van der Waals surface area contributed by atoms with E-state index in [9.17, 15) is 4.39 Å². The maximum absolute atomic E-state index is 12.9. The lowest BCUT2D eigenvalue weighted by molar-refractivity contribution is 0.459. The van der Waals surface area contributed by atoms with E-state index in [1.54, 1.807) is 6.08 Å². The first kappa shape index (κ1) is 7.89. The highest BCUT2D eigenvalue weighted by Crippen LogP contribution is 2.24. The number of aliphatic imine (C=N–C) groups is 1. The van der Waals surface area contributed by atoms with Crippen LogP contribution >= 0.6 is 23.8 Å². The molecule has 1 aliphatic carbocycles. The van der Waals surface area contributed by atoms with E-state index in [1.165, 1.54) is 6.08 Å². The number of thiocarbonyl (C=S) groups is 1. The molecule has 2 aliphatic rings. The molecule has 0 saturated carbocycles. The Labute approximate surface area is 78.8 Å². The van der Waals surface area contributed by atoms with Crippen LogP contribution in [0.15, 0.2) is 27.9 Å². The average molecular weight is 203 g/mol. The molecule has 0 aromatic heterocycles. The van der Waals surface area contributed by atoms with Gasteiger partial charge in [0.1, 0.15) is 0 Å². The van der Waals surface area contributed by atoms with Gasteiger partial charge in [-0.1, -0.05) is 11.6 Å². The molecule has 0 fully saturated rings. The Morgan fingerprint density at radius 3 is 3.17 bits per heavy atom. The fourth-order valence-corrected chi connectivity index (χ4v) is 1.48. The number of alkyl halides is 1. The Morgan fingerprint density at radius 1 is 1.67 bits per heavy atom. The van der Waals surface area contributed by atoms with E-state index in [4.69, 9.17) is 23.8 Å². The Morgan fingerprint density at radius 2 is 2.42 bits per heavy atom. The monoisotopic (exact) mass is 202 g/mol. The van der Waals surface area contributed by atoms with Crippen LogP contribution in [0.25, 0.3) is 0 Å². The standard InChI is InChI=1S/C7H4ClFN2S/c8-5-3(9)1-2-4-6(5)11-7(12)10-4/h1-3H,(H,11,12). The quantitative estimate of drug-likeness (QED) is 0.605. The Bertz CT molecular complexity index is 345. The summed E-state index contributed by atoms with van der Waals surface area (Å²) in [6.07, 6.45) is 1.67. The zero-order chi connectivity index (χ0) is 8.72. The van der Waals surface area contributed by atoms with E-state index >= 15 is 0 Å². The van der Waals surface area contributed by atoms with Gasteiger partial charge in [0.25, 0.3) is 0 Å². The van der Waals surface area contributed by atoms with Crippen molar-refractivity contribution >= 4 is 34.6 Å². The molecule has 1 atom stereocenters. The lowest BCUT2D eigenvalue weighted by Gasteiger charge is -2.10. The van der Waals surface area contributed by atoms with Gasteiger partial charge >= 0.3 is 0 Å². The van der Waals surface area contributed by atoms with Crippen molar-refractivity contribution in [1.29, 1.82) is 0 Å². The van der Waals surface area contributed by atoms with Gasteiger partial charge in [0.15, 0.2) is 11.3 Å². The predicted octanol–water partition coefficient (Wildman–Crippen LogP) is 1.67. The third-order valence-corrected chi connectivity index (χ3v) is 2.20. The molecule has 1 N–H and O–H groups in total. The summed E-state index contributed by atoms with van der Waals surface area (Å²) < 4.78 is 12.9. The molecule has 0 aromatic carbocycles. The van der Waals surface area contributed by atoms with E-state index in [1.807, 2.05) is 0 Å². The van der Waals surface area contributed by atoms with E-state index in [-0.39, 0.29) is 5.03 Å². The Hall–Kier alpha value is -0.740. The SMILES string of the molecule is FC1C=CC2=NC(=S)NC2=C1Cl. The van der Waals surface area contributed by atoms with Crippen LogP contribution in [0.1, 0.15) is 0 Å². The number of hydrogen-bond donors (Lipinski definition) is 1. The van der Waals surface area contributed by atoms with Crippen LogP contribution in [0, 0.1) is 0 Å². The first-order valence-electron chi connectivity index (χ1n) is 3.30. The molecule has 5 heteroatoms. The molecule has 0 spiro atoms. The lowest BCUT2D eigenvalue weighted by Crippen LogP contribution is -2.20. The minimum Gasteiger partial charge on any atom is -0.328 e. The largest absolute Gasteiger partial charge is 0.328 e. The highest BCUT2D eigenvalue weighted by Gasteiger charge is 2.25. The molecule has 62 valence electrons. The Balaban J connectivity index is 2.49. The molecular weight excluding hydrogens is 199 g/mol. The van der Waals surface area contributed by atoms with Crippen LogP contribution in [-0.2, 0) is 0 Å². The third-order valence-electron chi connectivity index (χ3n) is 1.61. The van der Waals surface area contributed by atoms with E-state index in [0.717, 1.165) is 0 Å². The van der Waals surface area contributed by atoms with Crippen molar-refractivity contribution in [3.8, 4) is 0 Å². The van der Waals surface area contributed by atoms with Crippen LogP contribution in [0.4, 0.5) is 4.39 Å². The fraction of sp³-hybridized carbons (Fsp3) is 0.143. The number of rotatable bonds is 0. The van der Waals surface area contributed by atoms with Crippen molar-refractivity contribution in [2.24, 2.45) is 4.99 Å². The lowest BCUT2D eigenvalue weighted by atomic mass is 10.1. The fourth-order valence-electron chi connectivity index (χ4n) is 1.06. The topological polar surface area (TPSA) is 24.4 Å². The van der Waals surface area contributed by atoms with E-state index in [0.29, 0.717) is 16.5 Å². The molecule has 0 bridgehead atoms. The van der Waals surface area contributed by atoms with Gasteiger partial charge in [-0.05, 0) is 24.4 Å². The summed E-state index contributed by atoms with van der Waals surface area (Å²) in [5.41, 5.74) is 1.11. The second-order valence-corrected chi connectivity index (χ2v) is 3.20. The van der Waals surface area contributed by atoms with Crippen molar-refractivity contribution in [2.75, 3.05) is 0 Å². The zero-order valence-corrected chi connectivity index (χ0v) is 7.42. The minimum absolute atomic E-state index is 0.121. The molecule has 1 aliphatic heterocycles. The van der Waals surface area contributed by atoms with E-state index in [2.05, 4.69) is 10.3 Å². The number of nitrogens with one attached hydrogen (secondary N) is 1. The number of nitrogens with zero attached hydrogens (tertiary/aromatic N) is 1. The molecule has 0 aromatic rings. The number of halogens is 2. The zero-order valence-electron chi connectivity index (χ0n) is 5.84. The maximum atomic E-state index is 12.9. The molecule has 1 heterocycles. The second-order valence-electron chi connectivity index (χ2n) is 2.41. The number of hydrogen-bond acceptors (Lipinski definition) is 1. The van der Waals surface area contributed by atoms with Crippen LogP contribution in [0.5, 0.6) is 0 Å². The van der Waals surface area contributed by atoms with Crippen molar-refractivity contribution < 1.29 is 4.39 Å². The molecule has 12 heavy (non-hydrogen) atoms. The molecule has 0 amide bonds. The summed E-state index contributed by atoms with van der Waals surface area (Å²) in [6, 6.07) is 0. The Kier molecular flexibility index (Phi) is 1.73. The van der Waals surface area contributed by atoms with Crippen molar-refractivity contribution in [3.63, 3.8) is 0 Å². The van der Waals surface area contributed by atoms with Crippen molar-refractivity contribution in [2.45, 2.75) is 6.17 Å². The van der Waals surface area contributed by atoms with Crippen LogP contribution < -0.4 is 5.32 Å². The highest BCUT2D eigenvalue weighted by molar-refractivity contribution is 7.80. The average Bonchev–Trinajstić information content (AvgIpc) is 2.39. The number of fused-ring (bicyclic) bond motifs is 1.